The lowest BCUT2D eigenvalue weighted by molar-refractivity contribution is 0.102. The van der Waals surface area contributed by atoms with Crippen LogP contribution in [0.5, 0.6) is 0 Å². The maximum absolute atomic E-state index is 14.8. The Morgan fingerprint density at radius 1 is 1.26 bits per heavy atom. The Morgan fingerprint density at radius 2 is 2.03 bits per heavy atom. The van der Waals surface area contributed by atoms with Gasteiger partial charge < -0.3 is 15.8 Å². The van der Waals surface area contributed by atoms with Gasteiger partial charge in [-0.05, 0) is 43.7 Å². The molecule has 2 unspecified atom stereocenters. The first-order valence-corrected chi connectivity index (χ1v) is 11.1. The van der Waals surface area contributed by atoms with E-state index < -0.39 is 43.4 Å². The van der Waals surface area contributed by atoms with Crippen LogP contribution in [0.25, 0.3) is 0 Å². The maximum Gasteiger partial charge on any atom is 0.274 e. The number of aromatic nitrogens is 1. The third-order valence-corrected chi connectivity index (χ3v) is 8.31. The number of amides is 1. The van der Waals surface area contributed by atoms with Crippen molar-refractivity contribution in [2.75, 3.05) is 24.3 Å². The fraction of sp³-hybridized carbons (Fsp3) is 0.350. The number of carbonyl (C=O) groups is 1. The zero-order valence-electron chi connectivity index (χ0n) is 16.6. The molecular weight excluding hydrogens is 430 g/mol. The molecule has 31 heavy (non-hydrogen) atoms. The van der Waals surface area contributed by atoms with E-state index in [1.807, 2.05) is 0 Å². The predicted molar refractivity (Wildman–Crippen MR) is 109 cm³/mol. The predicted octanol–water partition coefficient (Wildman–Crippen LogP) is 1.77. The van der Waals surface area contributed by atoms with Gasteiger partial charge in [0.05, 0.1) is 18.6 Å². The van der Waals surface area contributed by atoms with Gasteiger partial charge in [0.2, 0.25) is 0 Å². The van der Waals surface area contributed by atoms with Crippen molar-refractivity contribution >= 4 is 27.3 Å². The molecule has 2 aromatic rings. The van der Waals surface area contributed by atoms with Crippen molar-refractivity contribution in [1.29, 1.82) is 0 Å². The molecule has 1 saturated heterocycles. The molecule has 4 rings (SSSR count). The summed E-state index contributed by atoms with van der Waals surface area (Å²) in [5.74, 6) is -2.48. The van der Waals surface area contributed by atoms with Crippen molar-refractivity contribution in [3.05, 3.63) is 59.4 Å². The van der Waals surface area contributed by atoms with Gasteiger partial charge in [-0.15, -0.1) is 0 Å². The quantitative estimate of drug-likeness (QED) is 0.735. The van der Waals surface area contributed by atoms with Crippen molar-refractivity contribution in [3.63, 3.8) is 0 Å². The highest BCUT2D eigenvalue weighted by atomic mass is 32.2. The number of nitrogens with one attached hydrogen (secondary N) is 1. The summed E-state index contributed by atoms with van der Waals surface area (Å²) in [6.45, 7) is 1.65. The molecule has 2 aliphatic rings. The average molecular weight is 450 g/mol. The Morgan fingerprint density at radius 3 is 2.65 bits per heavy atom. The molecule has 2 atom stereocenters. The second kappa shape index (κ2) is 7.34. The summed E-state index contributed by atoms with van der Waals surface area (Å²) in [6, 6.07) is 6.03. The lowest BCUT2D eigenvalue weighted by Crippen LogP contribution is -2.58. The Labute approximate surface area is 177 Å². The van der Waals surface area contributed by atoms with Crippen LogP contribution in [0.2, 0.25) is 0 Å². The number of nitrogens with zero attached hydrogens (tertiary/aromatic N) is 2. The van der Waals surface area contributed by atoms with Crippen molar-refractivity contribution < 1.29 is 26.7 Å². The SMILES string of the molecule is CC1(c2cc(NC(=O)c3ccc(F)cn3)ccc2F)CS(=O)(=O)C2(CCOC2)C(N)=N1. The average Bonchev–Trinajstić information content (AvgIpc) is 3.20. The minimum atomic E-state index is -3.81. The number of ether oxygens (including phenoxy) is 1. The highest BCUT2D eigenvalue weighted by molar-refractivity contribution is 7.93. The molecule has 1 amide bonds. The minimum absolute atomic E-state index is 0.0299. The Hall–Kier alpha value is -2.92. The third-order valence-electron chi connectivity index (χ3n) is 5.65. The van der Waals surface area contributed by atoms with E-state index in [1.54, 1.807) is 0 Å². The lowest BCUT2D eigenvalue weighted by Gasteiger charge is -2.39. The summed E-state index contributed by atoms with van der Waals surface area (Å²) >= 11 is 0. The Kier molecular flexibility index (Phi) is 5.05. The number of nitrogens with two attached hydrogens (primary N) is 1. The zero-order valence-corrected chi connectivity index (χ0v) is 17.4. The summed E-state index contributed by atoms with van der Waals surface area (Å²) in [4.78, 5) is 20.4. The fourth-order valence-electron chi connectivity index (χ4n) is 3.92. The van der Waals surface area contributed by atoms with Crippen LogP contribution in [0, 0.1) is 11.6 Å². The Bertz CT molecular complexity index is 1180. The van der Waals surface area contributed by atoms with Gasteiger partial charge in [-0.1, -0.05) is 0 Å². The van der Waals surface area contributed by atoms with Crippen LogP contribution >= 0.6 is 0 Å². The minimum Gasteiger partial charge on any atom is -0.386 e. The van der Waals surface area contributed by atoms with Crippen molar-refractivity contribution in [2.24, 2.45) is 10.7 Å². The highest BCUT2D eigenvalue weighted by Crippen LogP contribution is 2.41. The van der Waals surface area contributed by atoms with Crippen LogP contribution in [0.15, 0.2) is 41.5 Å². The van der Waals surface area contributed by atoms with Crippen LogP contribution in [-0.4, -0.2) is 48.9 Å². The van der Waals surface area contributed by atoms with Crippen molar-refractivity contribution in [3.8, 4) is 0 Å². The standard InChI is InChI=1S/C20H20F2N4O4S/c1-19(11-31(28,29)20(18(23)26-19)6-7-30-10-20)14-8-13(3-4-15(14)22)25-17(27)16-5-2-12(21)9-24-16/h2-5,8-9H,6-7,10-11H2,1H3,(H2,23,26)(H,25,27). The van der Waals surface area contributed by atoms with Gasteiger partial charge in [0, 0.05) is 17.9 Å². The number of hydrogen-bond donors (Lipinski definition) is 2. The maximum atomic E-state index is 14.8. The molecule has 8 nitrogen and oxygen atoms in total. The molecule has 0 saturated carbocycles. The van der Waals surface area contributed by atoms with Gasteiger partial charge in [0.15, 0.2) is 14.6 Å². The topological polar surface area (TPSA) is 124 Å². The molecular formula is C20H20F2N4O4S. The van der Waals surface area contributed by atoms with Crippen molar-refractivity contribution in [2.45, 2.75) is 23.6 Å². The second-order valence-electron chi connectivity index (χ2n) is 7.84. The molecule has 3 N–H and O–H groups in total. The molecule has 0 bridgehead atoms. The van der Waals surface area contributed by atoms with Gasteiger partial charge in [0.1, 0.15) is 28.7 Å². The molecule has 1 aromatic carbocycles. The van der Waals surface area contributed by atoms with E-state index in [-0.39, 0.29) is 42.4 Å². The van der Waals surface area contributed by atoms with E-state index in [2.05, 4.69) is 15.3 Å². The summed E-state index contributed by atoms with van der Waals surface area (Å²) < 4.78 is 57.9. The number of hydrogen-bond acceptors (Lipinski definition) is 7. The monoisotopic (exact) mass is 450 g/mol. The fourth-order valence-corrected chi connectivity index (χ4v) is 6.18. The van der Waals surface area contributed by atoms with E-state index in [1.165, 1.54) is 25.1 Å². The number of anilines is 1. The third kappa shape index (κ3) is 3.57. The van der Waals surface area contributed by atoms with E-state index in [9.17, 15) is 22.0 Å². The van der Waals surface area contributed by atoms with Crippen molar-refractivity contribution in [1.82, 2.24) is 4.98 Å². The highest BCUT2D eigenvalue weighted by Gasteiger charge is 2.57. The zero-order chi connectivity index (χ0) is 22.4. The first kappa shape index (κ1) is 21.3. The van der Waals surface area contributed by atoms with E-state index >= 15 is 0 Å². The van der Waals surface area contributed by atoms with E-state index in [0.717, 1.165) is 18.3 Å². The number of amidine groups is 1. The summed E-state index contributed by atoms with van der Waals surface area (Å²) in [6.07, 6.45) is 1.10. The number of rotatable bonds is 3. The van der Waals surface area contributed by atoms with Gasteiger partial charge in [0.25, 0.3) is 5.91 Å². The molecule has 1 fully saturated rings. The molecule has 1 spiro atoms. The smallest absolute Gasteiger partial charge is 0.274 e. The number of sulfone groups is 1. The van der Waals surface area contributed by atoms with Crippen LogP contribution in [-0.2, 0) is 20.1 Å². The first-order chi connectivity index (χ1) is 14.6. The van der Waals surface area contributed by atoms with Crippen LogP contribution in [0.1, 0.15) is 29.4 Å². The molecule has 0 aliphatic carbocycles. The molecule has 164 valence electrons. The molecule has 11 heteroatoms. The largest absolute Gasteiger partial charge is 0.386 e. The van der Waals surface area contributed by atoms with Crippen LogP contribution < -0.4 is 11.1 Å². The summed E-state index contributed by atoms with van der Waals surface area (Å²) in [5, 5.41) is 2.54. The number of benzene rings is 1. The molecule has 0 radical (unpaired) electrons. The number of aliphatic imine (C=N–C) groups is 1. The van der Waals surface area contributed by atoms with E-state index in [0.29, 0.717) is 0 Å². The summed E-state index contributed by atoms with van der Waals surface area (Å²) in [7, 11) is -3.81. The number of pyridine rings is 1. The number of carbonyl (C=O) groups excluding carboxylic acids is 1. The van der Waals surface area contributed by atoms with Crippen LogP contribution in [0.4, 0.5) is 14.5 Å². The number of halogens is 2. The molecule has 1 aromatic heterocycles. The van der Waals surface area contributed by atoms with Gasteiger partial charge in [-0.3, -0.25) is 9.79 Å². The Balaban J connectivity index is 1.69. The molecule has 2 aliphatic heterocycles. The molecule has 3 heterocycles. The van der Waals surface area contributed by atoms with Gasteiger partial charge in [-0.25, -0.2) is 22.2 Å². The summed E-state index contributed by atoms with van der Waals surface area (Å²) in [5.41, 5.74) is 4.72. The van der Waals surface area contributed by atoms with Crippen LogP contribution in [0.3, 0.4) is 0 Å². The first-order valence-electron chi connectivity index (χ1n) is 9.45. The van der Waals surface area contributed by atoms with Gasteiger partial charge >= 0.3 is 0 Å². The second-order valence-corrected chi connectivity index (χ2v) is 10.1. The lowest BCUT2D eigenvalue weighted by atomic mass is 9.92. The van der Waals surface area contributed by atoms with E-state index in [4.69, 9.17) is 10.5 Å². The normalized spacial score (nSPS) is 27.1. The van der Waals surface area contributed by atoms with Gasteiger partial charge in [-0.2, -0.15) is 0 Å².